The molecule has 4 aliphatic carbocycles. The van der Waals surface area contributed by atoms with Crippen molar-refractivity contribution in [1.82, 2.24) is 0 Å². The highest BCUT2D eigenvalue weighted by Gasteiger charge is 2.62. The summed E-state index contributed by atoms with van der Waals surface area (Å²) >= 11 is 0. The number of fused-ring (bicyclic) bond motifs is 5. The first-order valence-electron chi connectivity index (χ1n) is 11.1. The molecule has 0 bridgehead atoms. The van der Waals surface area contributed by atoms with Crippen molar-refractivity contribution in [2.45, 2.75) is 71.5 Å². The molecule has 3 saturated carbocycles. The second-order valence-corrected chi connectivity index (χ2v) is 10.6. The number of carbonyl (C=O) groups excluding carboxylic acids is 1. The Morgan fingerprint density at radius 2 is 1.79 bits per heavy atom. The molecule has 4 unspecified atom stereocenters. The Hall–Kier alpha value is -0.830. The van der Waals surface area contributed by atoms with Crippen molar-refractivity contribution in [2.24, 2.45) is 58.1 Å². The zero-order valence-electron chi connectivity index (χ0n) is 18.0. The Morgan fingerprint density at radius 1 is 1.07 bits per heavy atom. The SMILES string of the molecule is CC(CON)[C@H]1CCC2C3C(=O)C=C4CC(ON)(ON)CC[C@]4(C)C3CC[C@@]21C. The predicted molar refractivity (Wildman–Crippen MR) is 108 cm³/mol. The molecular weight excluding hydrogens is 370 g/mol. The maximum absolute atomic E-state index is 13.4. The van der Waals surface area contributed by atoms with Crippen molar-refractivity contribution in [3.8, 4) is 0 Å². The van der Waals surface area contributed by atoms with Crippen LogP contribution in [0.3, 0.4) is 0 Å². The molecule has 7 nitrogen and oxygen atoms in total. The minimum atomic E-state index is -1.02. The van der Waals surface area contributed by atoms with E-state index in [2.05, 4.69) is 20.8 Å². The van der Waals surface area contributed by atoms with Crippen molar-refractivity contribution in [1.29, 1.82) is 0 Å². The van der Waals surface area contributed by atoms with Gasteiger partial charge in [-0.2, -0.15) is 0 Å². The first-order chi connectivity index (χ1) is 13.7. The molecule has 0 heterocycles. The van der Waals surface area contributed by atoms with Crippen LogP contribution in [0.4, 0.5) is 0 Å². The number of carbonyl (C=O) groups is 1. The summed E-state index contributed by atoms with van der Waals surface area (Å²) in [6, 6.07) is 0. The summed E-state index contributed by atoms with van der Waals surface area (Å²) in [6.45, 7) is 7.54. The molecule has 6 N–H and O–H groups in total. The van der Waals surface area contributed by atoms with Crippen molar-refractivity contribution in [3.05, 3.63) is 11.6 Å². The summed E-state index contributed by atoms with van der Waals surface area (Å²) in [5.74, 6) is 17.5. The molecule has 3 fully saturated rings. The van der Waals surface area contributed by atoms with Crippen molar-refractivity contribution in [2.75, 3.05) is 6.61 Å². The maximum atomic E-state index is 13.4. The summed E-state index contributed by atoms with van der Waals surface area (Å²) in [5.41, 5.74) is 1.24. The molecule has 4 rings (SSSR count). The molecule has 0 aromatic carbocycles. The van der Waals surface area contributed by atoms with Gasteiger partial charge < -0.3 is 4.84 Å². The van der Waals surface area contributed by atoms with E-state index in [0.717, 1.165) is 37.7 Å². The molecule has 0 aromatic rings. The van der Waals surface area contributed by atoms with Crippen LogP contribution in [0.1, 0.15) is 65.7 Å². The van der Waals surface area contributed by atoms with E-state index in [1.54, 1.807) is 0 Å². The number of nitrogens with two attached hydrogens (primary N) is 3. The van der Waals surface area contributed by atoms with Gasteiger partial charge in [0.25, 0.3) is 0 Å². The van der Waals surface area contributed by atoms with Crippen molar-refractivity contribution in [3.63, 3.8) is 0 Å². The first-order valence-corrected chi connectivity index (χ1v) is 11.1. The Kier molecular flexibility index (Phi) is 5.46. The highest BCUT2D eigenvalue weighted by atomic mass is 16.8. The van der Waals surface area contributed by atoms with Crippen LogP contribution < -0.4 is 17.7 Å². The number of hydrogen-bond acceptors (Lipinski definition) is 7. The summed E-state index contributed by atoms with van der Waals surface area (Å²) in [6.07, 6.45) is 8.33. The smallest absolute Gasteiger partial charge is 0.209 e. The first kappa shape index (κ1) is 21.4. The highest BCUT2D eigenvalue weighted by molar-refractivity contribution is 5.94. The third kappa shape index (κ3) is 3.05. The fraction of sp³-hybridized carbons (Fsp3) is 0.864. The molecule has 0 saturated heterocycles. The Morgan fingerprint density at radius 3 is 2.45 bits per heavy atom. The van der Waals surface area contributed by atoms with E-state index in [0.29, 0.717) is 43.1 Å². The normalized spacial score (nSPS) is 44.5. The van der Waals surface area contributed by atoms with Crippen LogP contribution >= 0.6 is 0 Å². The van der Waals surface area contributed by atoms with Crippen LogP contribution in [-0.2, 0) is 19.3 Å². The quantitative estimate of drug-likeness (QED) is 0.473. The van der Waals surface area contributed by atoms with Crippen LogP contribution in [0, 0.1) is 40.4 Å². The highest BCUT2D eigenvalue weighted by Crippen LogP contribution is 2.67. The lowest BCUT2D eigenvalue weighted by atomic mass is 9.46. The molecule has 7 atom stereocenters. The average molecular weight is 408 g/mol. The van der Waals surface area contributed by atoms with Crippen LogP contribution in [0.25, 0.3) is 0 Å². The Labute approximate surface area is 173 Å². The monoisotopic (exact) mass is 407 g/mol. The molecule has 4 aliphatic rings. The van der Waals surface area contributed by atoms with Crippen molar-refractivity contribution >= 4 is 5.78 Å². The van der Waals surface area contributed by atoms with Gasteiger partial charge in [0.2, 0.25) is 5.79 Å². The zero-order chi connectivity index (χ0) is 21.0. The van der Waals surface area contributed by atoms with Gasteiger partial charge >= 0.3 is 0 Å². The largest absolute Gasteiger partial charge is 0.304 e. The van der Waals surface area contributed by atoms with Gasteiger partial charge in [-0.25, -0.2) is 17.7 Å². The van der Waals surface area contributed by atoms with Gasteiger partial charge in [-0.1, -0.05) is 26.3 Å². The van der Waals surface area contributed by atoms with Crippen molar-refractivity contribution < 1.29 is 19.3 Å². The molecule has 7 heteroatoms. The summed E-state index contributed by atoms with van der Waals surface area (Å²) in [5, 5.41) is 0. The van der Waals surface area contributed by atoms with E-state index in [1.165, 1.54) is 0 Å². The standard InChI is InChI=1S/C22H37N3O4/c1-13(12-27-23)15-4-5-16-19-17(6-7-21(15,16)3)20(2)8-9-22(28-24,29-25)11-14(20)10-18(19)26/h10,13,15-17,19H,4-9,11-12,23-25H2,1-3H3/t13?,15-,16?,17?,19?,20+,21-/m1/s1. The van der Waals surface area contributed by atoms with Gasteiger partial charge in [0.05, 0.1) is 6.61 Å². The van der Waals surface area contributed by atoms with Gasteiger partial charge in [-0.15, -0.1) is 0 Å². The van der Waals surface area contributed by atoms with Gasteiger partial charge in [0, 0.05) is 18.8 Å². The third-order valence-electron chi connectivity index (χ3n) is 9.50. The molecule has 0 aliphatic heterocycles. The molecule has 164 valence electrons. The Balaban J connectivity index is 1.65. The van der Waals surface area contributed by atoms with Gasteiger partial charge in [-0.3, -0.25) is 14.5 Å². The number of rotatable bonds is 5. The minimum Gasteiger partial charge on any atom is -0.304 e. The summed E-state index contributed by atoms with van der Waals surface area (Å²) < 4.78 is 0. The lowest BCUT2D eigenvalue weighted by Crippen LogP contribution is -2.56. The van der Waals surface area contributed by atoms with E-state index in [1.807, 2.05) is 6.08 Å². The topological polar surface area (TPSA) is 123 Å². The lowest BCUT2D eigenvalue weighted by Gasteiger charge is -2.58. The number of allylic oxidation sites excluding steroid dienone is 1. The van der Waals surface area contributed by atoms with E-state index < -0.39 is 5.79 Å². The van der Waals surface area contributed by atoms with Crippen LogP contribution in [0.5, 0.6) is 0 Å². The number of ketones is 1. The second kappa shape index (κ2) is 7.39. The molecular formula is C22H37N3O4. The fourth-order valence-corrected chi connectivity index (χ4v) is 7.82. The van der Waals surface area contributed by atoms with E-state index in [9.17, 15) is 4.79 Å². The summed E-state index contributed by atoms with van der Waals surface area (Å²) in [7, 11) is 0. The molecule has 0 radical (unpaired) electrons. The average Bonchev–Trinajstić information content (AvgIpc) is 3.06. The fourth-order valence-electron chi connectivity index (χ4n) is 7.82. The minimum absolute atomic E-state index is 0.0233. The third-order valence-corrected chi connectivity index (χ3v) is 9.50. The molecule has 0 spiro atoms. The van der Waals surface area contributed by atoms with Crippen LogP contribution in [0.2, 0.25) is 0 Å². The van der Waals surface area contributed by atoms with E-state index in [-0.39, 0.29) is 22.5 Å². The predicted octanol–water partition coefficient (Wildman–Crippen LogP) is 2.75. The lowest BCUT2D eigenvalue weighted by molar-refractivity contribution is -0.261. The van der Waals surface area contributed by atoms with Gasteiger partial charge in [-0.05, 0) is 72.7 Å². The van der Waals surface area contributed by atoms with Gasteiger partial charge in [0.1, 0.15) is 0 Å². The van der Waals surface area contributed by atoms with Crippen LogP contribution in [0.15, 0.2) is 11.6 Å². The maximum Gasteiger partial charge on any atom is 0.209 e. The summed E-state index contributed by atoms with van der Waals surface area (Å²) in [4.78, 5) is 28.7. The molecule has 0 amide bonds. The van der Waals surface area contributed by atoms with E-state index >= 15 is 0 Å². The second-order valence-electron chi connectivity index (χ2n) is 10.6. The Bertz CT molecular complexity index is 694. The van der Waals surface area contributed by atoms with Crippen LogP contribution in [-0.4, -0.2) is 18.2 Å². The number of hydrogen-bond donors (Lipinski definition) is 3. The van der Waals surface area contributed by atoms with Gasteiger partial charge in [0.15, 0.2) is 5.78 Å². The molecule has 0 aromatic heterocycles. The zero-order valence-corrected chi connectivity index (χ0v) is 18.0. The van der Waals surface area contributed by atoms with E-state index in [4.69, 9.17) is 32.2 Å². The molecule has 29 heavy (non-hydrogen) atoms.